The maximum atomic E-state index is 11.5. The number of pyridine rings is 1. The molecule has 0 bridgehead atoms. The Morgan fingerprint density at radius 2 is 2.12 bits per heavy atom. The molecule has 0 aromatic carbocycles. The van der Waals surface area contributed by atoms with E-state index in [2.05, 4.69) is 4.72 Å². The van der Waals surface area contributed by atoms with Gasteiger partial charge in [-0.2, -0.15) is 0 Å². The van der Waals surface area contributed by atoms with Crippen LogP contribution in [0, 0.1) is 0 Å². The first-order valence-corrected chi connectivity index (χ1v) is 6.86. The smallest absolute Gasteiger partial charge is 0.250 e. The van der Waals surface area contributed by atoms with Crippen LogP contribution in [0.4, 0.5) is 5.69 Å². The van der Waals surface area contributed by atoms with Gasteiger partial charge in [0.05, 0.1) is 11.4 Å². The second-order valence-corrected chi connectivity index (χ2v) is 5.55. The molecular formula is C9H13ClN2O3S. The Bertz CT molecular complexity index is 510. The summed E-state index contributed by atoms with van der Waals surface area (Å²) in [5.74, 6) is 0.271. The molecule has 1 heterocycles. The van der Waals surface area contributed by atoms with Gasteiger partial charge in [-0.3, -0.25) is 9.52 Å². The normalized spacial score (nSPS) is 11.4. The Hall–Kier alpha value is -1.01. The number of rotatable bonds is 5. The maximum absolute atomic E-state index is 11.5. The molecule has 0 saturated carbocycles. The third-order valence-corrected chi connectivity index (χ3v) is 3.55. The Balaban J connectivity index is 2.80. The third kappa shape index (κ3) is 3.86. The molecule has 5 nitrogen and oxygen atoms in total. The van der Waals surface area contributed by atoms with Gasteiger partial charge in [0.2, 0.25) is 15.6 Å². The molecular weight excluding hydrogens is 252 g/mol. The third-order valence-electron chi connectivity index (χ3n) is 1.91. The predicted octanol–water partition coefficient (Wildman–Crippen LogP) is 0.756. The van der Waals surface area contributed by atoms with Gasteiger partial charge in [0, 0.05) is 25.2 Å². The highest BCUT2D eigenvalue weighted by atomic mass is 35.5. The van der Waals surface area contributed by atoms with E-state index >= 15 is 0 Å². The van der Waals surface area contributed by atoms with Crippen molar-refractivity contribution in [2.24, 2.45) is 7.05 Å². The minimum atomic E-state index is -3.38. The molecule has 1 aromatic heterocycles. The van der Waals surface area contributed by atoms with Crippen LogP contribution in [0.25, 0.3) is 0 Å². The molecule has 0 radical (unpaired) electrons. The second kappa shape index (κ2) is 5.36. The van der Waals surface area contributed by atoms with Crippen LogP contribution in [0.15, 0.2) is 23.1 Å². The molecule has 1 rings (SSSR count). The largest absolute Gasteiger partial charge is 0.316 e. The first-order chi connectivity index (χ1) is 7.44. The number of hydrogen-bond donors (Lipinski definition) is 1. The molecule has 1 N–H and O–H groups in total. The second-order valence-electron chi connectivity index (χ2n) is 3.33. The van der Waals surface area contributed by atoms with Gasteiger partial charge >= 0.3 is 0 Å². The average molecular weight is 265 g/mol. The van der Waals surface area contributed by atoms with Crippen molar-refractivity contribution in [3.8, 4) is 0 Å². The number of sulfonamides is 1. The molecule has 0 amide bonds. The van der Waals surface area contributed by atoms with Crippen LogP contribution in [-0.4, -0.2) is 24.6 Å². The van der Waals surface area contributed by atoms with Crippen molar-refractivity contribution in [3.05, 3.63) is 28.7 Å². The first-order valence-electron chi connectivity index (χ1n) is 4.68. The number of aryl methyl sites for hydroxylation is 1. The molecule has 0 saturated heterocycles. The van der Waals surface area contributed by atoms with E-state index in [9.17, 15) is 13.2 Å². The standard InChI is InChI=1S/C9H13ClN2O3S/c1-12-7-8(3-4-9(12)13)11-16(14,15)6-2-5-10/h3-4,7,11H,2,5-6H2,1H3. The molecule has 0 unspecified atom stereocenters. The lowest BCUT2D eigenvalue weighted by Crippen LogP contribution is -2.20. The van der Waals surface area contributed by atoms with E-state index in [0.29, 0.717) is 18.0 Å². The highest BCUT2D eigenvalue weighted by Crippen LogP contribution is 2.06. The van der Waals surface area contributed by atoms with Crippen molar-refractivity contribution >= 4 is 27.3 Å². The molecule has 16 heavy (non-hydrogen) atoms. The zero-order chi connectivity index (χ0) is 12.2. The summed E-state index contributed by atoms with van der Waals surface area (Å²) < 4.78 is 26.7. The van der Waals surface area contributed by atoms with Gasteiger partial charge in [0.25, 0.3) is 0 Å². The quantitative estimate of drug-likeness (QED) is 0.799. The van der Waals surface area contributed by atoms with Gasteiger partial charge in [-0.25, -0.2) is 8.42 Å². The fourth-order valence-corrected chi connectivity index (χ4v) is 2.53. The number of nitrogens with zero attached hydrogens (tertiary/aromatic N) is 1. The molecule has 1 aromatic rings. The van der Waals surface area contributed by atoms with Crippen molar-refractivity contribution in [2.45, 2.75) is 6.42 Å². The summed E-state index contributed by atoms with van der Waals surface area (Å²) >= 11 is 5.42. The number of alkyl halides is 1. The zero-order valence-electron chi connectivity index (χ0n) is 8.81. The Kier molecular flexibility index (Phi) is 4.37. The molecule has 0 aliphatic rings. The van der Waals surface area contributed by atoms with Gasteiger partial charge in [-0.1, -0.05) is 0 Å². The molecule has 90 valence electrons. The van der Waals surface area contributed by atoms with Crippen LogP contribution in [0.5, 0.6) is 0 Å². The highest BCUT2D eigenvalue weighted by Gasteiger charge is 2.09. The Morgan fingerprint density at radius 1 is 1.44 bits per heavy atom. The van der Waals surface area contributed by atoms with E-state index in [-0.39, 0.29) is 11.3 Å². The number of hydrogen-bond acceptors (Lipinski definition) is 3. The van der Waals surface area contributed by atoms with Crippen LogP contribution >= 0.6 is 11.6 Å². The Morgan fingerprint density at radius 3 is 2.69 bits per heavy atom. The Labute approximate surface area is 99.1 Å². The maximum Gasteiger partial charge on any atom is 0.250 e. The van der Waals surface area contributed by atoms with E-state index in [1.54, 1.807) is 7.05 Å². The summed E-state index contributed by atoms with van der Waals surface area (Å²) in [6, 6.07) is 2.74. The molecule has 7 heteroatoms. The summed E-state index contributed by atoms with van der Waals surface area (Å²) in [5.41, 5.74) is 0.181. The minimum Gasteiger partial charge on any atom is -0.316 e. The molecule has 0 aliphatic carbocycles. The van der Waals surface area contributed by atoms with Crippen molar-refractivity contribution in [3.63, 3.8) is 0 Å². The molecule has 0 atom stereocenters. The minimum absolute atomic E-state index is 0.0284. The van der Waals surface area contributed by atoms with Crippen LogP contribution in [-0.2, 0) is 17.1 Å². The summed E-state index contributed by atoms with van der Waals surface area (Å²) in [7, 11) is -1.82. The van der Waals surface area contributed by atoms with Crippen molar-refractivity contribution in [1.29, 1.82) is 0 Å². The van der Waals surface area contributed by atoms with Crippen LogP contribution < -0.4 is 10.3 Å². The first kappa shape index (κ1) is 13.1. The summed E-state index contributed by atoms with van der Waals surface area (Å²) in [5, 5.41) is 0. The molecule has 0 spiro atoms. The van der Waals surface area contributed by atoms with Crippen molar-refractivity contribution < 1.29 is 8.42 Å². The monoisotopic (exact) mass is 264 g/mol. The average Bonchev–Trinajstić information content (AvgIpc) is 2.20. The lowest BCUT2D eigenvalue weighted by molar-refractivity contribution is 0.600. The number of halogens is 1. The summed E-state index contributed by atoms with van der Waals surface area (Å²) in [4.78, 5) is 11.1. The number of aromatic nitrogens is 1. The fourth-order valence-electron chi connectivity index (χ4n) is 1.13. The van der Waals surface area contributed by atoms with Gasteiger partial charge in [0.1, 0.15) is 0 Å². The van der Waals surface area contributed by atoms with Crippen LogP contribution in [0.1, 0.15) is 6.42 Å². The summed E-state index contributed by atoms with van der Waals surface area (Å²) in [6.07, 6.45) is 1.82. The van der Waals surface area contributed by atoms with Crippen molar-refractivity contribution in [1.82, 2.24) is 4.57 Å². The van der Waals surface area contributed by atoms with E-state index in [4.69, 9.17) is 11.6 Å². The number of nitrogens with one attached hydrogen (secondary N) is 1. The lowest BCUT2D eigenvalue weighted by Gasteiger charge is -2.07. The SMILES string of the molecule is Cn1cc(NS(=O)(=O)CCCCl)ccc1=O. The van der Waals surface area contributed by atoms with E-state index < -0.39 is 10.0 Å². The lowest BCUT2D eigenvalue weighted by atomic mass is 10.4. The fraction of sp³-hybridized carbons (Fsp3) is 0.444. The number of anilines is 1. The van der Waals surface area contributed by atoms with Gasteiger partial charge in [-0.05, 0) is 12.5 Å². The van der Waals surface area contributed by atoms with E-state index in [1.165, 1.54) is 22.9 Å². The molecule has 0 aliphatic heterocycles. The van der Waals surface area contributed by atoms with Crippen molar-refractivity contribution in [2.75, 3.05) is 16.4 Å². The highest BCUT2D eigenvalue weighted by molar-refractivity contribution is 7.92. The molecule has 0 fully saturated rings. The van der Waals surface area contributed by atoms with Gasteiger partial charge in [0.15, 0.2) is 0 Å². The van der Waals surface area contributed by atoms with Crippen LogP contribution in [0.3, 0.4) is 0 Å². The van der Waals surface area contributed by atoms with Gasteiger partial charge in [-0.15, -0.1) is 11.6 Å². The summed E-state index contributed by atoms with van der Waals surface area (Å²) in [6.45, 7) is 0. The van der Waals surface area contributed by atoms with Crippen LogP contribution in [0.2, 0.25) is 0 Å². The van der Waals surface area contributed by atoms with E-state index in [1.807, 2.05) is 0 Å². The zero-order valence-corrected chi connectivity index (χ0v) is 10.4. The van der Waals surface area contributed by atoms with Gasteiger partial charge < -0.3 is 4.57 Å². The van der Waals surface area contributed by atoms with E-state index in [0.717, 1.165) is 0 Å². The predicted molar refractivity (Wildman–Crippen MR) is 64.4 cm³/mol. The topological polar surface area (TPSA) is 68.2 Å².